The fourth-order valence-electron chi connectivity index (χ4n) is 2.49. The predicted octanol–water partition coefficient (Wildman–Crippen LogP) is 2.82. The van der Waals surface area contributed by atoms with Gasteiger partial charge in [0.15, 0.2) is 0 Å². The maximum absolute atomic E-state index is 13.9. The van der Waals surface area contributed by atoms with Gasteiger partial charge >= 0.3 is 6.03 Å². The summed E-state index contributed by atoms with van der Waals surface area (Å²) in [7, 11) is 0. The lowest BCUT2D eigenvalue weighted by Gasteiger charge is -2.24. The minimum atomic E-state index is -0.555. The Morgan fingerprint density at radius 2 is 2.17 bits per heavy atom. The van der Waals surface area contributed by atoms with Crippen molar-refractivity contribution >= 4 is 23.3 Å². The van der Waals surface area contributed by atoms with Crippen LogP contribution in [-0.2, 0) is 9.53 Å². The Bertz CT molecular complexity index is 574. The summed E-state index contributed by atoms with van der Waals surface area (Å²) in [6, 6.07) is 3.66. The molecule has 0 radical (unpaired) electrons. The molecule has 1 aliphatic rings. The number of hydrogen-bond acceptors (Lipinski definition) is 3. The molecular formula is C16H22FN3O3. The number of amides is 3. The van der Waals surface area contributed by atoms with E-state index in [-0.39, 0.29) is 23.7 Å². The van der Waals surface area contributed by atoms with E-state index in [0.717, 1.165) is 19.4 Å². The summed E-state index contributed by atoms with van der Waals surface area (Å²) in [6.07, 6.45) is 1.96. The number of nitrogens with one attached hydrogen (secondary N) is 2. The molecule has 0 spiro atoms. The number of hydrogen-bond donors (Lipinski definition) is 2. The average Bonchev–Trinajstić information content (AvgIpc) is 3.00. The molecule has 6 nitrogen and oxygen atoms in total. The van der Waals surface area contributed by atoms with E-state index in [4.69, 9.17) is 4.74 Å². The number of anilines is 2. The second-order valence-electron chi connectivity index (χ2n) is 5.48. The molecule has 0 aromatic heterocycles. The first-order valence-corrected chi connectivity index (χ1v) is 7.74. The Labute approximate surface area is 135 Å². The minimum Gasteiger partial charge on any atom is -0.376 e. The van der Waals surface area contributed by atoms with Crippen molar-refractivity contribution in [3.05, 3.63) is 24.0 Å². The quantitative estimate of drug-likeness (QED) is 0.875. The van der Waals surface area contributed by atoms with E-state index in [0.29, 0.717) is 18.8 Å². The SMILES string of the molecule is CCN(CC1CCCO1)C(=O)Nc1cc(NC(C)=O)ccc1F. The topological polar surface area (TPSA) is 70.7 Å². The van der Waals surface area contributed by atoms with Gasteiger partial charge in [-0.2, -0.15) is 0 Å². The van der Waals surface area contributed by atoms with Crippen LogP contribution in [0.15, 0.2) is 18.2 Å². The van der Waals surface area contributed by atoms with Crippen molar-refractivity contribution in [1.82, 2.24) is 4.90 Å². The molecule has 1 aromatic carbocycles. The number of rotatable bonds is 5. The number of ether oxygens (including phenoxy) is 1. The van der Waals surface area contributed by atoms with Gasteiger partial charge < -0.3 is 20.3 Å². The van der Waals surface area contributed by atoms with Crippen LogP contribution in [0.25, 0.3) is 0 Å². The minimum absolute atomic E-state index is 0.0343. The van der Waals surface area contributed by atoms with Gasteiger partial charge in [0.1, 0.15) is 5.82 Å². The average molecular weight is 323 g/mol. The fourth-order valence-corrected chi connectivity index (χ4v) is 2.49. The van der Waals surface area contributed by atoms with E-state index in [1.807, 2.05) is 6.92 Å². The highest BCUT2D eigenvalue weighted by atomic mass is 19.1. The van der Waals surface area contributed by atoms with Crippen LogP contribution in [0.2, 0.25) is 0 Å². The Balaban J connectivity index is 2.03. The molecule has 1 heterocycles. The predicted molar refractivity (Wildman–Crippen MR) is 85.9 cm³/mol. The summed E-state index contributed by atoms with van der Waals surface area (Å²) < 4.78 is 19.4. The summed E-state index contributed by atoms with van der Waals surface area (Å²) in [4.78, 5) is 25.0. The Morgan fingerprint density at radius 1 is 1.39 bits per heavy atom. The zero-order valence-corrected chi connectivity index (χ0v) is 13.4. The third-order valence-electron chi connectivity index (χ3n) is 3.65. The molecule has 2 rings (SSSR count). The lowest BCUT2D eigenvalue weighted by molar-refractivity contribution is -0.114. The van der Waals surface area contributed by atoms with Crippen LogP contribution in [0.3, 0.4) is 0 Å². The highest BCUT2D eigenvalue weighted by molar-refractivity contribution is 5.92. The van der Waals surface area contributed by atoms with Crippen LogP contribution in [-0.4, -0.2) is 42.6 Å². The molecular weight excluding hydrogens is 301 g/mol. The van der Waals surface area contributed by atoms with Crippen LogP contribution >= 0.6 is 0 Å². The van der Waals surface area contributed by atoms with Crippen LogP contribution in [0.4, 0.5) is 20.6 Å². The summed E-state index contributed by atoms with van der Waals surface area (Å²) in [5.41, 5.74) is 0.461. The zero-order chi connectivity index (χ0) is 16.8. The smallest absolute Gasteiger partial charge is 0.322 e. The van der Waals surface area contributed by atoms with Gasteiger partial charge in [-0.25, -0.2) is 9.18 Å². The Morgan fingerprint density at radius 3 is 2.78 bits per heavy atom. The normalized spacial score (nSPS) is 16.9. The molecule has 1 aromatic rings. The molecule has 23 heavy (non-hydrogen) atoms. The molecule has 1 atom stereocenters. The molecule has 1 aliphatic heterocycles. The molecule has 126 valence electrons. The summed E-state index contributed by atoms with van der Waals surface area (Å²) in [5.74, 6) is -0.817. The standard InChI is InChI=1S/C16H22FN3O3/c1-3-20(10-13-5-4-8-23-13)16(22)19-15-9-12(18-11(2)21)6-7-14(15)17/h6-7,9,13H,3-5,8,10H2,1-2H3,(H,18,21)(H,19,22). The molecule has 1 saturated heterocycles. The van der Waals surface area contributed by atoms with Crippen molar-refractivity contribution in [2.24, 2.45) is 0 Å². The number of halogens is 1. The lowest BCUT2D eigenvalue weighted by Crippen LogP contribution is -2.40. The van der Waals surface area contributed by atoms with Crippen LogP contribution in [0, 0.1) is 5.82 Å². The van der Waals surface area contributed by atoms with Crippen molar-refractivity contribution in [2.45, 2.75) is 32.8 Å². The van der Waals surface area contributed by atoms with E-state index in [2.05, 4.69) is 10.6 Å². The molecule has 1 unspecified atom stereocenters. The van der Waals surface area contributed by atoms with E-state index in [1.165, 1.54) is 25.1 Å². The third-order valence-corrected chi connectivity index (χ3v) is 3.65. The number of carbonyl (C=O) groups is 2. The Kier molecular flexibility index (Phi) is 5.92. The van der Waals surface area contributed by atoms with Crippen molar-refractivity contribution in [2.75, 3.05) is 30.3 Å². The molecule has 0 bridgehead atoms. The van der Waals surface area contributed by atoms with Crippen LogP contribution in [0.5, 0.6) is 0 Å². The second kappa shape index (κ2) is 7.92. The largest absolute Gasteiger partial charge is 0.376 e. The van der Waals surface area contributed by atoms with Crippen molar-refractivity contribution in [3.63, 3.8) is 0 Å². The van der Waals surface area contributed by atoms with E-state index >= 15 is 0 Å². The van der Waals surface area contributed by atoms with Crippen molar-refractivity contribution in [1.29, 1.82) is 0 Å². The number of likely N-dealkylation sites (N-methyl/N-ethyl adjacent to an activating group) is 1. The van der Waals surface area contributed by atoms with E-state index < -0.39 is 5.82 Å². The van der Waals surface area contributed by atoms with Crippen LogP contribution in [0.1, 0.15) is 26.7 Å². The fraction of sp³-hybridized carbons (Fsp3) is 0.500. The maximum atomic E-state index is 13.9. The van der Waals surface area contributed by atoms with E-state index in [1.54, 1.807) is 4.90 Å². The monoisotopic (exact) mass is 323 g/mol. The van der Waals surface area contributed by atoms with Gasteiger partial charge in [-0.05, 0) is 38.0 Å². The Hall–Kier alpha value is -2.15. The number of benzene rings is 1. The summed E-state index contributed by atoms with van der Waals surface area (Å²) in [6.45, 7) is 4.92. The third kappa shape index (κ3) is 4.92. The van der Waals surface area contributed by atoms with Gasteiger partial charge in [-0.1, -0.05) is 0 Å². The first-order valence-electron chi connectivity index (χ1n) is 7.74. The summed E-state index contributed by atoms with van der Waals surface area (Å²) in [5, 5.41) is 5.11. The first-order chi connectivity index (χ1) is 11.0. The van der Waals surface area contributed by atoms with Gasteiger partial charge in [-0.15, -0.1) is 0 Å². The van der Waals surface area contributed by atoms with Crippen molar-refractivity contribution in [3.8, 4) is 0 Å². The molecule has 7 heteroatoms. The van der Waals surface area contributed by atoms with Gasteiger partial charge in [0.25, 0.3) is 0 Å². The number of nitrogens with zero attached hydrogens (tertiary/aromatic N) is 1. The zero-order valence-electron chi connectivity index (χ0n) is 13.4. The molecule has 1 fully saturated rings. The molecule has 2 N–H and O–H groups in total. The van der Waals surface area contributed by atoms with Gasteiger partial charge in [0, 0.05) is 32.3 Å². The van der Waals surface area contributed by atoms with E-state index in [9.17, 15) is 14.0 Å². The van der Waals surface area contributed by atoms with Crippen LogP contribution < -0.4 is 10.6 Å². The highest BCUT2D eigenvalue weighted by Crippen LogP contribution is 2.21. The van der Waals surface area contributed by atoms with Gasteiger partial charge in [-0.3, -0.25) is 4.79 Å². The van der Waals surface area contributed by atoms with Crippen molar-refractivity contribution < 1.29 is 18.7 Å². The highest BCUT2D eigenvalue weighted by Gasteiger charge is 2.22. The first kappa shape index (κ1) is 17.2. The van der Waals surface area contributed by atoms with Gasteiger partial charge in [0.05, 0.1) is 11.8 Å². The summed E-state index contributed by atoms with van der Waals surface area (Å²) >= 11 is 0. The second-order valence-corrected chi connectivity index (χ2v) is 5.48. The molecule has 0 saturated carbocycles. The maximum Gasteiger partial charge on any atom is 0.322 e. The van der Waals surface area contributed by atoms with Gasteiger partial charge in [0.2, 0.25) is 5.91 Å². The number of carbonyl (C=O) groups excluding carboxylic acids is 2. The lowest BCUT2D eigenvalue weighted by atomic mass is 10.2. The molecule has 0 aliphatic carbocycles. The molecule has 3 amide bonds. The number of urea groups is 1.